The minimum absolute atomic E-state index is 0.00856. The predicted molar refractivity (Wildman–Crippen MR) is 63.7 cm³/mol. The monoisotopic (exact) mass is 239 g/mol. The third kappa shape index (κ3) is 3.51. The first-order chi connectivity index (χ1) is 8.10. The number of carboxylic acids is 1. The highest BCUT2D eigenvalue weighted by molar-refractivity contribution is 5.85. The van der Waals surface area contributed by atoms with Crippen LogP contribution in [0.15, 0.2) is 12.1 Å². The van der Waals surface area contributed by atoms with Crippen LogP contribution in [0.4, 0.5) is 4.39 Å². The van der Waals surface area contributed by atoms with Gasteiger partial charge in [-0.2, -0.15) is 0 Å². The van der Waals surface area contributed by atoms with Gasteiger partial charge >= 0.3 is 5.97 Å². The summed E-state index contributed by atoms with van der Waals surface area (Å²) >= 11 is 0. The fourth-order valence-electron chi connectivity index (χ4n) is 1.85. The van der Waals surface area contributed by atoms with E-state index in [2.05, 4.69) is 11.9 Å². The number of pyridine rings is 1. The lowest BCUT2D eigenvalue weighted by Crippen LogP contribution is -2.09. The van der Waals surface area contributed by atoms with Gasteiger partial charge < -0.3 is 5.11 Å². The maximum absolute atomic E-state index is 13.6. The molecule has 1 atom stereocenters. The molecule has 1 aromatic rings. The summed E-state index contributed by atoms with van der Waals surface area (Å²) in [5.41, 5.74) is 0.206. The average molecular weight is 239 g/mol. The second-order valence-electron chi connectivity index (χ2n) is 4.12. The van der Waals surface area contributed by atoms with Gasteiger partial charge in [-0.1, -0.05) is 26.7 Å². The summed E-state index contributed by atoms with van der Waals surface area (Å²) in [6, 6.07) is 2.40. The number of carbonyl (C=O) groups is 1. The van der Waals surface area contributed by atoms with Gasteiger partial charge in [-0.15, -0.1) is 0 Å². The minimum atomic E-state index is -1.11. The van der Waals surface area contributed by atoms with Crippen molar-refractivity contribution in [3.8, 4) is 0 Å². The van der Waals surface area contributed by atoms with Gasteiger partial charge in [0.05, 0.1) is 5.69 Å². The predicted octanol–water partition coefficient (Wildman–Crippen LogP) is 3.60. The molecule has 0 aromatic carbocycles. The van der Waals surface area contributed by atoms with Crippen LogP contribution in [0.25, 0.3) is 0 Å². The van der Waals surface area contributed by atoms with Gasteiger partial charge in [-0.25, -0.2) is 14.2 Å². The summed E-state index contributed by atoms with van der Waals surface area (Å²) in [6.45, 7) is 4.04. The zero-order valence-corrected chi connectivity index (χ0v) is 10.2. The molecule has 17 heavy (non-hydrogen) atoms. The first-order valence-corrected chi connectivity index (χ1v) is 5.99. The molecule has 1 heterocycles. The van der Waals surface area contributed by atoms with E-state index >= 15 is 0 Å². The molecule has 0 spiro atoms. The number of aromatic nitrogens is 1. The van der Waals surface area contributed by atoms with Crippen LogP contribution in [0.2, 0.25) is 0 Å². The van der Waals surface area contributed by atoms with Crippen molar-refractivity contribution in [1.29, 1.82) is 0 Å². The molecule has 0 bridgehead atoms. The lowest BCUT2D eigenvalue weighted by Gasteiger charge is -2.15. The van der Waals surface area contributed by atoms with Crippen molar-refractivity contribution < 1.29 is 14.3 Å². The van der Waals surface area contributed by atoms with E-state index in [4.69, 9.17) is 5.11 Å². The standard InChI is InChI=1S/C13H18FNO2/c1-3-5-6-9(4-2)12-10(14)7-8-11(15-12)13(16)17/h7-9H,3-6H2,1-2H3,(H,16,17). The van der Waals surface area contributed by atoms with E-state index in [9.17, 15) is 9.18 Å². The van der Waals surface area contributed by atoms with Gasteiger partial charge in [0.2, 0.25) is 0 Å². The first kappa shape index (κ1) is 13.6. The maximum Gasteiger partial charge on any atom is 0.354 e. The molecule has 0 aliphatic rings. The molecule has 1 N–H and O–H groups in total. The van der Waals surface area contributed by atoms with Crippen LogP contribution in [0.5, 0.6) is 0 Å². The molecule has 0 fully saturated rings. The van der Waals surface area contributed by atoms with Gasteiger partial charge in [0.25, 0.3) is 0 Å². The topological polar surface area (TPSA) is 50.2 Å². The smallest absolute Gasteiger partial charge is 0.354 e. The fourth-order valence-corrected chi connectivity index (χ4v) is 1.85. The third-order valence-corrected chi connectivity index (χ3v) is 2.88. The number of hydrogen-bond acceptors (Lipinski definition) is 2. The maximum atomic E-state index is 13.6. The Hall–Kier alpha value is -1.45. The quantitative estimate of drug-likeness (QED) is 0.825. The SMILES string of the molecule is CCCCC(CC)c1nc(C(=O)O)ccc1F. The summed E-state index contributed by atoms with van der Waals surface area (Å²) in [7, 11) is 0. The number of nitrogens with zero attached hydrogens (tertiary/aromatic N) is 1. The van der Waals surface area contributed by atoms with Crippen LogP contribution in [0, 0.1) is 5.82 Å². The van der Waals surface area contributed by atoms with E-state index in [0.29, 0.717) is 5.69 Å². The highest BCUT2D eigenvalue weighted by Crippen LogP contribution is 2.26. The van der Waals surface area contributed by atoms with E-state index < -0.39 is 11.8 Å². The summed E-state index contributed by atoms with van der Waals surface area (Å²) in [5.74, 6) is -1.51. The van der Waals surface area contributed by atoms with E-state index in [1.165, 1.54) is 12.1 Å². The molecule has 4 heteroatoms. The molecule has 94 valence electrons. The number of unbranched alkanes of at least 4 members (excludes halogenated alkanes) is 1. The van der Waals surface area contributed by atoms with Crippen LogP contribution in [0.3, 0.4) is 0 Å². The van der Waals surface area contributed by atoms with Crippen molar-refractivity contribution >= 4 is 5.97 Å². The summed E-state index contributed by atoms with van der Waals surface area (Å²) < 4.78 is 13.6. The molecule has 1 rings (SSSR count). The summed E-state index contributed by atoms with van der Waals surface area (Å²) in [6.07, 6.45) is 3.65. The Bertz CT molecular complexity index is 393. The second kappa shape index (κ2) is 6.33. The second-order valence-corrected chi connectivity index (χ2v) is 4.12. The Morgan fingerprint density at radius 3 is 2.71 bits per heavy atom. The molecular formula is C13H18FNO2. The highest BCUT2D eigenvalue weighted by Gasteiger charge is 2.17. The Kier molecular flexibility index (Phi) is 5.07. The first-order valence-electron chi connectivity index (χ1n) is 5.99. The van der Waals surface area contributed by atoms with Crippen molar-refractivity contribution in [2.24, 2.45) is 0 Å². The lowest BCUT2D eigenvalue weighted by atomic mass is 9.95. The van der Waals surface area contributed by atoms with Crippen LogP contribution in [-0.4, -0.2) is 16.1 Å². The molecule has 0 aliphatic carbocycles. The van der Waals surface area contributed by atoms with E-state index in [1.807, 2.05) is 6.92 Å². The molecule has 0 aliphatic heterocycles. The van der Waals surface area contributed by atoms with Crippen molar-refractivity contribution in [2.45, 2.75) is 45.4 Å². The van der Waals surface area contributed by atoms with Crippen molar-refractivity contribution in [3.63, 3.8) is 0 Å². The number of rotatable bonds is 6. The largest absolute Gasteiger partial charge is 0.477 e. The fraction of sp³-hybridized carbons (Fsp3) is 0.538. The Morgan fingerprint density at radius 2 is 2.18 bits per heavy atom. The van der Waals surface area contributed by atoms with Gasteiger partial charge in [0, 0.05) is 5.92 Å². The van der Waals surface area contributed by atoms with Crippen molar-refractivity contribution in [2.75, 3.05) is 0 Å². The van der Waals surface area contributed by atoms with Gasteiger partial charge in [-0.05, 0) is 25.0 Å². The summed E-state index contributed by atoms with van der Waals surface area (Å²) in [5, 5.41) is 8.85. The molecule has 0 radical (unpaired) electrons. The molecular weight excluding hydrogens is 221 g/mol. The molecule has 1 aromatic heterocycles. The Morgan fingerprint density at radius 1 is 1.47 bits per heavy atom. The van der Waals surface area contributed by atoms with E-state index in [1.54, 1.807) is 0 Å². The zero-order chi connectivity index (χ0) is 12.8. The molecule has 0 saturated carbocycles. The number of aromatic carboxylic acids is 1. The van der Waals surface area contributed by atoms with Gasteiger partial charge in [0.1, 0.15) is 11.5 Å². The molecule has 3 nitrogen and oxygen atoms in total. The van der Waals surface area contributed by atoms with Gasteiger partial charge in [-0.3, -0.25) is 0 Å². The third-order valence-electron chi connectivity index (χ3n) is 2.88. The normalized spacial score (nSPS) is 12.4. The Balaban J connectivity index is 3.00. The van der Waals surface area contributed by atoms with Crippen LogP contribution in [0.1, 0.15) is 61.6 Å². The zero-order valence-electron chi connectivity index (χ0n) is 10.2. The van der Waals surface area contributed by atoms with Crippen LogP contribution >= 0.6 is 0 Å². The highest BCUT2D eigenvalue weighted by atomic mass is 19.1. The number of hydrogen-bond donors (Lipinski definition) is 1. The van der Waals surface area contributed by atoms with Crippen LogP contribution in [-0.2, 0) is 0 Å². The summed E-state index contributed by atoms with van der Waals surface area (Å²) in [4.78, 5) is 14.7. The van der Waals surface area contributed by atoms with Gasteiger partial charge in [0.15, 0.2) is 0 Å². The molecule has 1 unspecified atom stereocenters. The number of halogens is 1. The minimum Gasteiger partial charge on any atom is -0.477 e. The van der Waals surface area contributed by atoms with Crippen molar-refractivity contribution in [3.05, 3.63) is 29.3 Å². The lowest BCUT2D eigenvalue weighted by molar-refractivity contribution is 0.0690. The molecule has 0 saturated heterocycles. The van der Waals surface area contributed by atoms with E-state index in [0.717, 1.165) is 25.7 Å². The Labute approximate surface area is 101 Å². The number of carboxylic acid groups (broad SMARTS) is 1. The average Bonchev–Trinajstić information content (AvgIpc) is 2.31. The van der Waals surface area contributed by atoms with E-state index in [-0.39, 0.29) is 11.6 Å². The molecule has 0 amide bonds. The van der Waals surface area contributed by atoms with Crippen LogP contribution < -0.4 is 0 Å². The van der Waals surface area contributed by atoms with Crippen molar-refractivity contribution in [1.82, 2.24) is 4.98 Å².